The van der Waals surface area contributed by atoms with E-state index in [1.54, 1.807) is 0 Å². The molecule has 0 spiro atoms. The lowest BCUT2D eigenvalue weighted by molar-refractivity contribution is 0.660. The van der Waals surface area contributed by atoms with E-state index in [0.717, 1.165) is 0 Å². The maximum Gasteiger partial charge on any atom is 0.159 e. The summed E-state index contributed by atoms with van der Waals surface area (Å²) < 4.78 is 309. The van der Waals surface area contributed by atoms with Gasteiger partial charge in [-0.05, 0) is 103 Å². The Labute approximate surface area is 379 Å². The zero-order chi connectivity index (χ0) is 66.8. The number of anilines is 3. The number of hydrogen-bond acceptors (Lipinski definition) is 2. The first kappa shape index (κ1) is 13.8. The van der Waals surface area contributed by atoms with E-state index >= 15 is 0 Å². The molecule has 9 aromatic carbocycles. The summed E-state index contributed by atoms with van der Waals surface area (Å²) in [5, 5.41) is -3.11. The van der Waals surface area contributed by atoms with Crippen molar-refractivity contribution in [2.24, 2.45) is 0 Å². The van der Waals surface area contributed by atoms with Gasteiger partial charge in [0.1, 0.15) is 5.58 Å². The summed E-state index contributed by atoms with van der Waals surface area (Å²) in [5.74, 6) is 0. The maximum atomic E-state index is 10.4. The molecule has 0 aliphatic heterocycles. The molecule has 0 amide bonds. The molecule has 2 nitrogen and oxygen atoms in total. The third-order valence-electron chi connectivity index (χ3n) is 9.55. The molecule has 57 heavy (non-hydrogen) atoms. The topological polar surface area (TPSA) is 16.4 Å². The smallest absolute Gasteiger partial charge is 0.159 e. The Kier molecular flexibility index (Phi) is 3.14. The van der Waals surface area contributed by atoms with Crippen LogP contribution in [0, 0.1) is 0 Å². The first-order valence-electron chi connectivity index (χ1n) is 33.6. The average Bonchev–Trinajstić information content (AvgIpc) is 1.44. The van der Waals surface area contributed by atoms with Gasteiger partial charge >= 0.3 is 0 Å². The normalized spacial score (nSPS) is 21.0. The van der Waals surface area contributed by atoms with E-state index in [-0.39, 0.29) is 16.7 Å². The highest BCUT2D eigenvalue weighted by Crippen LogP contribution is 2.52. The molecule has 1 aliphatic carbocycles. The van der Waals surface area contributed by atoms with E-state index < -0.39 is 294 Å². The lowest BCUT2D eigenvalue weighted by Gasteiger charge is -2.28. The second kappa shape index (κ2) is 13.0. The molecule has 0 N–H and O–H groups in total. The van der Waals surface area contributed by atoms with Crippen LogP contribution >= 0.6 is 0 Å². The van der Waals surface area contributed by atoms with Crippen LogP contribution in [-0.2, 0) is 5.41 Å². The van der Waals surface area contributed by atoms with Crippen molar-refractivity contribution in [2.75, 3.05) is 4.90 Å². The molecule has 270 valence electrons. The largest absolute Gasteiger partial charge is 0.453 e. The molecule has 0 saturated heterocycles. The monoisotopic (exact) mass is 763 g/mol. The minimum absolute atomic E-state index is 0.182. The van der Waals surface area contributed by atoms with Crippen molar-refractivity contribution in [1.29, 1.82) is 0 Å². The molecule has 0 radical (unpaired) electrons. The number of fused-ring (bicyclic) bond motifs is 8. The molecule has 11 rings (SSSR count). The Morgan fingerprint density at radius 2 is 0.930 bits per heavy atom. The molecule has 2 heteroatoms. The minimum atomic E-state index is -1.80. The number of benzene rings is 9. The van der Waals surface area contributed by atoms with Crippen molar-refractivity contribution in [3.63, 3.8) is 0 Å². The van der Waals surface area contributed by atoms with Crippen LogP contribution in [-0.4, -0.2) is 0 Å². The van der Waals surface area contributed by atoms with Gasteiger partial charge in [0.2, 0.25) is 0 Å². The highest BCUT2D eigenvalue weighted by atomic mass is 16.3. The molecule has 1 heterocycles. The van der Waals surface area contributed by atoms with Crippen molar-refractivity contribution >= 4 is 49.8 Å². The van der Waals surface area contributed by atoms with Gasteiger partial charge in [0, 0.05) is 32.9 Å². The summed E-state index contributed by atoms with van der Waals surface area (Å²) in [6.07, 6.45) is 0. The zero-order valence-corrected chi connectivity index (χ0v) is 29.4. The third-order valence-corrected chi connectivity index (χ3v) is 9.55. The zero-order valence-electron chi connectivity index (χ0n) is 62.4. The summed E-state index contributed by atoms with van der Waals surface area (Å²) in [7, 11) is 0. The fraction of sp³-hybridized carbons (Fsp3) is 0.0545. The van der Waals surface area contributed by atoms with Crippen LogP contribution in [0.25, 0.3) is 77.2 Å². The van der Waals surface area contributed by atoms with Crippen LogP contribution in [0.5, 0.6) is 0 Å². The fourth-order valence-corrected chi connectivity index (χ4v) is 6.93. The van der Waals surface area contributed by atoms with E-state index in [1.807, 2.05) is 0 Å². The number of nitrogens with zero attached hydrogens (tertiary/aromatic N) is 1. The lowest BCUT2D eigenvalue weighted by Crippen LogP contribution is -2.16. The van der Waals surface area contributed by atoms with Crippen LogP contribution < -0.4 is 4.90 Å². The molecule has 0 unspecified atom stereocenters. The van der Waals surface area contributed by atoms with Gasteiger partial charge in [0.25, 0.3) is 0 Å². The van der Waals surface area contributed by atoms with Crippen molar-refractivity contribution < 1.29 is 49.7 Å². The highest BCUT2D eigenvalue weighted by molar-refractivity contribution is 6.21. The van der Waals surface area contributed by atoms with E-state index in [4.69, 9.17) is 30.5 Å². The lowest BCUT2D eigenvalue weighted by atomic mass is 9.82. The Bertz CT molecular complexity index is 4970. The summed E-state index contributed by atoms with van der Waals surface area (Å²) in [4.78, 5) is 0.465. The first-order chi connectivity index (χ1) is 41.8. The molecule has 0 saturated carbocycles. The van der Waals surface area contributed by atoms with Gasteiger partial charge in [0.15, 0.2) is 5.58 Å². The van der Waals surface area contributed by atoms with E-state index in [2.05, 4.69) is 0 Å². The van der Waals surface area contributed by atoms with Crippen LogP contribution in [0.1, 0.15) is 70.2 Å². The first-order valence-corrected chi connectivity index (χ1v) is 17.1. The van der Waals surface area contributed by atoms with Crippen molar-refractivity contribution in [3.8, 4) is 44.5 Å². The van der Waals surface area contributed by atoms with Gasteiger partial charge in [-0.25, -0.2) is 0 Å². The standard InChI is InChI=1S/C55H39NO/c1-55(2)50-25-15-14-23-44(50)45-31-30-42(34-51(45)55)56(41-28-26-38(27-29-41)36-16-6-3-7-17-36)52-33-40(37-18-8-4-9-19-37)32-48-49-35-47(39-20-10-5-11-21-39)43-22-12-13-24-46(43)53(49)57-54(48)52/h3-35H,1-2H3/i3D,4D,5D,6D,7D,8D,9D,10D,11D,12D,13D,14D,15D,16D,17D,18D,19D,20D,21D,22D,23D,24D,25D,26D,27D,28D,29D,30D,31D,32D,33D,34D,35D. The molecular formula is C55H39NO. The van der Waals surface area contributed by atoms with Gasteiger partial charge in [-0.1, -0.05) is 171 Å². The Morgan fingerprint density at radius 3 is 1.65 bits per heavy atom. The molecular weight excluding hydrogens is 691 g/mol. The quantitative estimate of drug-likeness (QED) is 0.168. The third kappa shape index (κ3) is 5.33. The molecule has 10 aromatic rings. The van der Waals surface area contributed by atoms with Crippen molar-refractivity contribution in [3.05, 3.63) is 211 Å². The van der Waals surface area contributed by atoms with Crippen LogP contribution in [0.15, 0.2) is 204 Å². The van der Waals surface area contributed by atoms with Crippen LogP contribution in [0.3, 0.4) is 0 Å². The van der Waals surface area contributed by atoms with Gasteiger partial charge in [0.05, 0.1) is 50.9 Å². The van der Waals surface area contributed by atoms with E-state index in [9.17, 15) is 19.2 Å². The van der Waals surface area contributed by atoms with Gasteiger partial charge in [-0.15, -0.1) is 0 Å². The predicted octanol–water partition coefficient (Wildman–Crippen LogP) is 15.5. The van der Waals surface area contributed by atoms with Gasteiger partial charge < -0.3 is 9.32 Å². The molecule has 1 aromatic heterocycles. The summed E-state index contributed by atoms with van der Waals surface area (Å²) in [5.41, 5.74) is -13.7. The predicted molar refractivity (Wildman–Crippen MR) is 240 cm³/mol. The van der Waals surface area contributed by atoms with Crippen LogP contribution in [0.2, 0.25) is 0 Å². The molecule has 1 aliphatic rings. The SMILES string of the molecule is [2H]c1c([2H])c([2H])c(-c2c([2H])c([2H])c(N(c3c([2H])c([2H])c4c(c3[2H])C(C)(C)c3c([2H])c([2H])c([2H])c([2H])c3-4)c3c([2H])c(-c4c([2H])c([2H])c([2H])c([2H])c4[2H])c([2H])c4c3oc3c5c([2H])c([2H])c([2H])c([2H])c5c(-c5c([2H])c([2H])c([2H])c([2H])c5[2H])c([2H])c34)c([2H])c2[2H])c([2H])c1[2H]. The number of furan rings is 1. The summed E-state index contributed by atoms with van der Waals surface area (Å²) in [6.45, 7) is 2.79. The van der Waals surface area contributed by atoms with Crippen LogP contribution in [0.4, 0.5) is 17.1 Å². The fourth-order valence-electron chi connectivity index (χ4n) is 6.93. The maximum absolute atomic E-state index is 10.4. The number of rotatable bonds is 6. The van der Waals surface area contributed by atoms with E-state index in [1.165, 1.54) is 13.8 Å². The van der Waals surface area contributed by atoms with Gasteiger partial charge in [-0.2, -0.15) is 0 Å². The van der Waals surface area contributed by atoms with Crippen molar-refractivity contribution in [1.82, 2.24) is 0 Å². The number of hydrogen-bond donors (Lipinski definition) is 0. The Morgan fingerprint density at radius 1 is 0.386 bits per heavy atom. The minimum Gasteiger partial charge on any atom is -0.453 e. The second-order valence-corrected chi connectivity index (χ2v) is 13.1. The van der Waals surface area contributed by atoms with Gasteiger partial charge in [-0.3, -0.25) is 0 Å². The average molecular weight is 763 g/mol. The molecule has 0 atom stereocenters. The summed E-state index contributed by atoms with van der Waals surface area (Å²) in [6, 6.07) is -33.5. The molecule has 0 bridgehead atoms. The van der Waals surface area contributed by atoms with Crippen molar-refractivity contribution in [2.45, 2.75) is 19.3 Å². The Balaban J connectivity index is 1.47. The molecule has 0 fully saturated rings. The summed E-state index contributed by atoms with van der Waals surface area (Å²) >= 11 is 0. The van der Waals surface area contributed by atoms with E-state index in [0.29, 0.717) is 4.90 Å². The second-order valence-electron chi connectivity index (χ2n) is 13.1. The Hall–Kier alpha value is -7.16. The highest BCUT2D eigenvalue weighted by Gasteiger charge is 2.36.